The summed E-state index contributed by atoms with van der Waals surface area (Å²) in [5, 5.41) is 11.9. The number of benzene rings is 1. The van der Waals surface area contributed by atoms with Gasteiger partial charge in [-0.05, 0) is 46.8 Å². The highest BCUT2D eigenvalue weighted by atomic mass is 32.1. The van der Waals surface area contributed by atoms with Crippen LogP contribution in [0.5, 0.6) is 5.75 Å². The molecule has 0 bridgehead atoms. The predicted molar refractivity (Wildman–Crippen MR) is 119 cm³/mol. The Labute approximate surface area is 179 Å². The molecule has 3 aromatic rings. The summed E-state index contributed by atoms with van der Waals surface area (Å²) in [6, 6.07) is 12.0. The van der Waals surface area contributed by atoms with Gasteiger partial charge in [-0.2, -0.15) is 5.10 Å². The highest BCUT2D eigenvalue weighted by molar-refractivity contribution is 7.71. The number of aromatic amines is 1. The summed E-state index contributed by atoms with van der Waals surface area (Å²) in [7, 11) is 0. The van der Waals surface area contributed by atoms with Crippen molar-refractivity contribution < 1.29 is 9.53 Å². The van der Waals surface area contributed by atoms with Crippen molar-refractivity contribution in [3.63, 3.8) is 0 Å². The first-order valence-electron chi connectivity index (χ1n) is 9.54. The van der Waals surface area contributed by atoms with Gasteiger partial charge >= 0.3 is 0 Å². The number of aromatic nitrogens is 3. The highest BCUT2D eigenvalue weighted by Crippen LogP contribution is 2.24. The molecular formula is C21H26N4O2S2. The van der Waals surface area contributed by atoms with Gasteiger partial charge in [0.25, 0.3) is 0 Å². The van der Waals surface area contributed by atoms with Crippen LogP contribution in [0.2, 0.25) is 0 Å². The first-order valence-corrected chi connectivity index (χ1v) is 10.8. The third-order valence-corrected chi connectivity index (χ3v) is 5.65. The molecule has 0 aliphatic carbocycles. The van der Waals surface area contributed by atoms with Gasteiger partial charge in [0.1, 0.15) is 12.4 Å². The van der Waals surface area contributed by atoms with Gasteiger partial charge in [-0.15, -0.1) is 11.3 Å². The van der Waals surface area contributed by atoms with Crippen LogP contribution in [0, 0.1) is 4.77 Å². The second-order valence-corrected chi connectivity index (χ2v) is 9.04. The molecule has 1 aromatic carbocycles. The Balaban J connectivity index is 1.42. The van der Waals surface area contributed by atoms with Crippen molar-refractivity contribution in [3.8, 4) is 16.5 Å². The van der Waals surface area contributed by atoms with Gasteiger partial charge in [0.2, 0.25) is 5.91 Å². The molecule has 0 aliphatic heterocycles. The van der Waals surface area contributed by atoms with Crippen LogP contribution in [-0.2, 0) is 16.8 Å². The number of nitrogens with one attached hydrogen (secondary N) is 2. The molecular weight excluding hydrogens is 404 g/mol. The van der Waals surface area contributed by atoms with Crippen molar-refractivity contribution >= 4 is 29.5 Å². The second-order valence-electron chi connectivity index (χ2n) is 7.70. The average molecular weight is 431 g/mol. The lowest BCUT2D eigenvalue weighted by atomic mass is 9.87. The average Bonchev–Trinajstić information content (AvgIpc) is 3.33. The number of carbonyl (C=O) groups is 1. The van der Waals surface area contributed by atoms with Crippen LogP contribution < -0.4 is 10.1 Å². The Morgan fingerprint density at radius 2 is 2.03 bits per heavy atom. The minimum atomic E-state index is -0.0445. The lowest BCUT2D eigenvalue weighted by Crippen LogP contribution is -2.28. The molecule has 0 radical (unpaired) electrons. The molecule has 0 unspecified atom stereocenters. The molecule has 0 atom stereocenters. The molecule has 0 aliphatic rings. The monoisotopic (exact) mass is 430 g/mol. The first kappa shape index (κ1) is 21.3. The first-order chi connectivity index (χ1) is 13.8. The summed E-state index contributed by atoms with van der Waals surface area (Å²) in [6.07, 6.45) is 0.326. The third-order valence-electron chi connectivity index (χ3n) is 4.48. The van der Waals surface area contributed by atoms with Gasteiger partial charge in [-0.25, -0.2) is 0 Å². The van der Waals surface area contributed by atoms with Gasteiger partial charge in [-0.1, -0.05) is 39.0 Å². The molecule has 0 spiro atoms. The summed E-state index contributed by atoms with van der Waals surface area (Å²) < 4.78 is 8.08. The fourth-order valence-corrected chi connectivity index (χ4v) is 3.78. The molecule has 154 valence electrons. The number of H-pyrrole nitrogens is 1. The number of rotatable bonds is 8. The van der Waals surface area contributed by atoms with Gasteiger partial charge < -0.3 is 10.1 Å². The van der Waals surface area contributed by atoms with Crippen LogP contribution in [0.15, 0.2) is 41.8 Å². The van der Waals surface area contributed by atoms with E-state index in [0.29, 0.717) is 30.9 Å². The number of carbonyl (C=O) groups excluding carboxylic acids is 1. The Bertz CT molecular complexity index is 983. The van der Waals surface area contributed by atoms with Gasteiger partial charge in [0, 0.05) is 13.0 Å². The van der Waals surface area contributed by atoms with Crippen molar-refractivity contribution in [2.75, 3.05) is 13.2 Å². The zero-order chi connectivity index (χ0) is 20.9. The van der Waals surface area contributed by atoms with Crippen LogP contribution in [0.4, 0.5) is 0 Å². The van der Waals surface area contributed by atoms with Crippen molar-refractivity contribution in [2.45, 2.75) is 39.2 Å². The summed E-state index contributed by atoms with van der Waals surface area (Å²) in [4.78, 5) is 13.2. The normalized spacial score (nSPS) is 11.4. The van der Waals surface area contributed by atoms with Crippen LogP contribution in [0.25, 0.3) is 10.7 Å². The van der Waals surface area contributed by atoms with Gasteiger partial charge in [0.15, 0.2) is 10.6 Å². The van der Waals surface area contributed by atoms with Crippen LogP contribution >= 0.6 is 23.6 Å². The molecule has 2 N–H and O–H groups in total. The lowest BCUT2D eigenvalue weighted by Gasteiger charge is -2.19. The molecule has 3 rings (SSSR count). The minimum Gasteiger partial charge on any atom is -0.492 e. The van der Waals surface area contributed by atoms with Crippen LogP contribution in [0.1, 0.15) is 32.8 Å². The summed E-state index contributed by atoms with van der Waals surface area (Å²) in [6.45, 7) is 7.89. The smallest absolute Gasteiger partial charge is 0.221 e. The maximum absolute atomic E-state index is 12.2. The Morgan fingerprint density at radius 3 is 2.69 bits per heavy atom. The number of ether oxygens (including phenoxy) is 1. The highest BCUT2D eigenvalue weighted by Gasteiger charge is 2.13. The van der Waals surface area contributed by atoms with E-state index in [4.69, 9.17) is 17.0 Å². The summed E-state index contributed by atoms with van der Waals surface area (Å²) in [5.41, 5.74) is 1.38. The van der Waals surface area contributed by atoms with Crippen molar-refractivity contribution in [2.24, 2.45) is 0 Å². The van der Waals surface area contributed by atoms with Crippen molar-refractivity contribution in [1.82, 2.24) is 20.1 Å². The fraction of sp³-hybridized carbons (Fsp3) is 0.381. The van der Waals surface area contributed by atoms with Gasteiger partial charge in [-0.3, -0.25) is 14.5 Å². The van der Waals surface area contributed by atoms with E-state index in [1.165, 1.54) is 5.56 Å². The quantitative estimate of drug-likeness (QED) is 0.406. The van der Waals surface area contributed by atoms with E-state index in [0.717, 1.165) is 16.5 Å². The third kappa shape index (κ3) is 5.77. The van der Waals surface area contributed by atoms with E-state index in [1.54, 1.807) is 11.3 Å². The molecule has 8 heteroatoms. The molecule has 6 nitrogen and oxygen atoms in total. The second kappa shape index (κ2) is 9.37. The Kier molecular flexibility index (Phi) is 6.87. The fourth-order valence-electron chi connectivity index (χ4n) is 2.83. The topological polar surface area (TPSA) is 71.9 Å². The van der Waals surface area contributed by atoms with E-state index in [1.807, 2.05) is 34.2 Å². The van der Waals surface area contributed by atoms with E-state index >= 15 is 0 Å². The maximum atomic E-state index is 12.2. The zero-order valence-electron chi connectivity index (χ0n) is 16.9. The lowest BCUT2D eigenvalue weighted by molar-refractivity contribution is -0.121. The predicted octanol–water partition coefficient (Wildman–Crippen LogP) is 4.55. The minimum absolute atomic E-state index is 0.0445. The largest absolute Gasteiger partial charge is 0.492 e. The number of thiophene rings is 1. The van der Waals surface area contributed by atoms with E-state index in [-0.39, 0.29) is 11.3 Å². The SMILES string of the molecule is CC(C)(C)c1ccc(OCCNC(=O)CCn2c(-c3cccs3)n[nH]c2=S)cc1. The van der Waals surface area contributed by atoms with Crippen molar-refractivity contribution in [3.05, 3.63) is 52.1 Å². The number of amides is 1. The van der Waals surface area contributed by atoms with Gasteiger partial charge in [0.05, 0.1) is 11.4 Å². The number of hydrogen-bond acceptors (Lipinski definition) is 5. The molecule has 29 heavy (non-hydrogen) atoms. The summed E-state index contributed by atoms with van der Waals surface area (Å²) in [5.74, 6) is 1.52. The molecule has 0 saturated carbocycles. The standard InChI is InChI=1S/C21H26N4O2S2/c1-21(2,3)15-6-8-16(9-7-15)27-13-11-22-18(26)10-12-25-19(23-24-20(25)28)17-5-4-14-29-17/h4-9,14H,10-13H2,1-3H3,(H,22,26)(H,24,28). The molecule has 0 saturated heterocycles. The maximum Gasteiger partial charge on any atom is 0.221 e. The molecule has 1 amide bonds. The van der Waals surface area contributed by atoms with Crippen molar-refractivity contribution in [1.29, 1.82) is 0 Å². The van der Waals surface area contributed by atoms with Crippen LogP contribution in [-0.4, -0.2) is 33.8 Å². The van der Waals surface area contributed by atoms with E-state index in [9.17, 15) is 4.79 Å². The van der Waals surface area contributed by atoms with Crippen LogP contribution in [0.3, 0.4) is 0 Å². The van der Waals surface area contributed by atoms with E-state index in [2.05, 4.69) is 48.4 Å². The number of nitrogens with zero attached hydrogens (tertiary/aromatic N) is 2. The molecule has 0 fully saturated rings. The Hall–Kier alpha value is -2.45. The molecule has 2 aromatic heterocycles. The van der Waals surface area contributed by atoms with E-state index < -0.39 is 0 Å². The number of hydrogen-bond donors (Lipinski definition) is 2. The Morgan fingerprint density at radius 1 is 1.28 bits per heavy atom. The summed E-state index contributed by atoms with van der Waals surface area (Å²) >= 11 is 6.88. The zero-order valence-corrected chi connectivity index (χ0v) is 18.5. The molecule has 2 heterocycles.